The standard InChI is InChI=1S/C18H18N5OP/c1-11-9-21-18(22-11)23-12(2)13-3-5-14(6-4-13)24-16-7-8-20-17(19)15(16)10-25/h3-10,25H,2H2,1H3,(H2,19,20)(H2,21,22,23). The van der Waals surface area contributed by atoms with Crippen LogP contribution in [0.5, 0.6) is 11.5 Å². The van der Waals surface area contributed by atoms with Crippen LogP contribution < -0.4 is 15.8 Å². The van der Waals surface area contributed by atoms with Gasteiger partial charge in [-0.15, -0.1) is 8.86 Å². The lowest BCUT2D eigenvalue weighted by Crippen LogP contribution is -2.00. The molecule has 6 nitrogen and oxygen atoms in total. The molecule has 0 atom stereocenters. The van der Waals surface area contributed by atoms with Crippen molar-refractivity contribution in [2.45, 2.75) is 6.92 Å². The number of aromatic amines is 1. The number of nitrogens with zero attached hydrogens (tertiary/aromatic N) is 2. The van der Waals surface area contributed by atoms with Crippen LogP contribution in [0.4, 0.5) is 11.8 Å². The van der Waals surface area contributed by atoms with Crippen LogP contribution in [0.1, 0.15) is 16.8 Å². The van der Waals surface area contributed by atoms with E-state index in [0.717, 1.165) is 17.0 Å². The Hall–Kier alpha value is -3.11. The van der Waals surface area contributed by atoms with Crippen LogP contribution in [-0.2, 0) is 0 Å². The van der Waals surface area contributed by atoms with Gasteiger partial charge in [-0.1, -0.05) is 6.58 Å². The number of aromatic nitrogens is 3. The Balaban J connectivity index is 1.73. The molecule has 3 rings (SSSR count). The largest absolute Gasteiger partial charge is 0.457 e. The molecule has 0 unspecified atom stereocenters. The third-order valence-electron chi connectivity index (χ3n) is 3.53. The number of aryl methyl sites for hydroxylation is 1. The topological polar surface area (TPSA) is 88.8 Å². The van der Waals surface area contributed by atoms with Crippen molar-refractivity contribution in [2.75, 3.05) is 11.1 Å². The average molecular weight is 351 g/mol. The molecule has 0 fully saturated rings. The molecule has 0 aliphatic rings. The number of rotatable bonds is 6. The van der Waals surface area contributed by atoms with Crippen molar-refractivity contribution in [1.29, 1.82) is 0 Å². The summed E-state index contributed by atoms with van der Waals surface area (Å²) in [5.74, 6) is 4.05. The molecule has 0 saturated carbocycles. The summed E-state index contributed by atoms with van der Waals surface area (Å²) in [4.78, 5) is 11.3. The van der Waals surface area contributed by atoms with Crippen LogP contribution in [0.2, 0.25) is 0 Å². The summed E-state index contributed by atoms with van der Waals surface area (Å²) in [7, 11) is 3.33. The van der Waals surface area contributed by atoms with Crippen molar-refractivity contribution in [3.05, 3.63) is 66.1 Å². The number of benzene rings is 1. The van der Waals surface area contributed by atoms with E-state index in [1.165, 1.54) is 0 Å². The van der Waals surface area contributed by atoms with E-state index in [0.29, 0.717) is 28.8 Å². The van der Waals surface area contributed by atoms with E-state index in [2.05, 4.69) is 35.7 Å². The Labute approximate surface area is 148 Å². The van der Waals surface area contributed by atoms with Gasteiger partial charge in [-0.05, 0) is 48.6 Å². The third kappa shape index (κ3) is 3.87. The van der Waals surface area contributed by atoms with Gasteiger partial charge in [0.25, 0.3) is 0 Å². The molecule has 25 heavy (non-hydrogen) atoms. The summed E-state index contributed by atoms with van der Waals surface area (Å²) in [5.41, 5.74) is 9.19. The van der Waals surface area contributed by atoms with Crippen LogP contribution in [0.25, 0.3) is 5.70 Å². The number of imidazole rings is 1. The number of nitrogens with two attached hydrogens (primary N) is 1. The number of hydrogen-bond donors (Lipinski definition) is 3. The molecule has 0 aliphatic carbocycles. The van der Waals surface area contributed by atoms with E-state index >= 15 is 0 Å². The molecule has 3 aromatic rings. The van der Waals surface area contributed by atoms with E-state index < -0.39 is 0 Å². The number of nitrogen functional groups attached to an aromatic ring is 1. The van der Waals surface area contributed by atoms with Crippen LogP contribution >= 0.6 is 8.86 Å². The molecular weight excluding hydrogens is 333 g/mol. The summed E-state index contributed by atoms with van der Waals surface area (Å²) < 4.78 is 5.89. The first kappa shape index (κ1) is 16.7. The first-order chi connectivity index (χ1) is 12.1. The molecule has 7 heteroatoms. The predicted molar refractivity (Wildman–Crippen MR) is 105 cm³/mol. The Kier molecular flexibility index (Phi) is 4.82. The van der Waals surface area contributed by atoms with Crippen LogP contribution in [0.15, 0.2) is 49.3 Å². The number of nitrogens with one attached hydrogen (secondary N) is 2. The Morgan fingerprint density at radius 3 is 2.68 bits per heavy atom. The molecule has 0 saturated heterocycles. The molecule has 126 valence electrons. The molecule has 0 radical (unpaired) electrons. The van der Waals surface area contributed by atoms with Gasteiger partial charge in [0.1, 0.15) is 17.3 Å². The summed E-state index contributed by atoms with van der Waals surface area (Å²) in [6.45, 7) is 5.98. The number of hydrogen-bond acceptors (Lipinski definition) is 5. The van der Waals surface area contributed by atoms with E-state index in [1.807, 2.05) is 31.2 Å². The maximum absolute atomic E-state index is 5.89. The highest BCUT2D eigenvalue weighted by Crippen LogP contribution is 2.28. The van der Waals surface area contributed by atoms with Gasteiger partial charge in [0.15, 0.2) is 0 Å². The van der Waals surface area contributed by atoms with Gasteiger partial charge >= 0.3 is 0 Å². The molecule has 0 amide bonds. The van der Waals surface area contributed by atoms with E-state index in [9.17, 15) is 0 Å². The summed E-state index contributed by atoms with van der Waals surface area (Å²) >= 11 is 0. The second-order valence-corrected chi connectivity index (χ2v) is 5.69. The van der Waals surface area contributed by atoms with Crippen LogP contribution in [0.3, 0.4) is 0 Å². The van der Waals surface area contributed by atoms with Crippen molar-refractivity contribution in [3.63, 3.8) is 0 Å². The third-order valence-corrected chi connectivity index (χ3v) is 3.82. The Morgan fingerprint density at radius 1 is 1.28 bits per heavy atom. The summed E-state index contributed by atoms with van der Waals surface area (Å²) in [6.07, 6.45) is 3.36. The zero-order chi connectivity index (χ0) is 17.8. The minimum absolute atomic E-state index is 0.399. The SMILES string of the molecule is C=C(Nc1ncc(C)[nH]1)c1ccc(Oc2ccnc(N)c2C=P)cc1. The molecule has 0 aliphatic heterocycles. The quantitative estimate of drug-likeness (QED) is 0.587. The summed E-state index contributed by atoms with van der Waals surface area (Å²) in [5, 5.41) is 3.14. The molecule has 1 aromatic carbocycles. The second-order valence-electron chi connectivity index (χ2n) is 5.40. The lowest BCUT2D eigenvalue weighted by Gasteiger charge is -2.11. The van der Waals surface area contributed by atoms with Crippen LogP contribution in [0, 0.1) is 6.92 Å². The van der Waals surface area contributed by atoms with Crippen LogP contribution in [-0.4, -0.2) is 20.7 Å². The summed E-state index contributed by atoms with van der Waals surface area (Å²) in [6, 6.07) is 9.33. The fraction of sp³-hybridized carbons (Fsp3) is 0.0556. The number of H-pyrrole nitrogens is 1. The predicted octanol–water partition coefficient (Wildman–Crippen LogP) is 3.86. The normalized spacial score (nSPS) is 10.3. The van der Waals surface area contributed by atoms with Gasteiger partial charge in [0.05, 0.1) is 5.56 Å². The van der Waals surface area contributed by atoms with E-state index in [-0.39, 0.29) is 0 Å². The van der Waals surface area contributed by atoms with Crippen molar-refractivity contribution in [3.8, 4) is 11.5 Å². The molecule has 0 spiro atoms. The minimum Gasteiger partial charge on any atom is -0.457 e. The zero-order valence-electron chi connectivity index (χ0n) is 13.7. The smallest absolute Gasteiger partial charge is 0.204 e. The lowest BCUT2D eigenvalue weighted by atomic mass is 10.1. The number of anilines is 2. The molecule has 0 bridgehead atoms. The number of pyridine rings is 1. The highest BCUT2D eigenvalue weighted by atomic mass is 31.0. The highest BCUT2D eigenvalue weighted by molar-refractivity contribution is 7.19. The van der Waals surface area contributed by atoms with Crippen molar-refractivity contribution in [1.82, 2.24) is 15.0 Å². The first-order valence-electron chi connectivity index (χ1n) is 7.57. The molecule has 4 N–H and O–H groups in total. The second kappa shape index (κ2) is 7.20. The van der Waals surface area contributed by atoms with Gasteiger partial charge in [-0.25, -0.2) is 9.97 Å². The van der Waals surface area contributed by atoms with E-state index in [1.54, 1.807) is 24.3 Å². The molecule has 2 aromatic heterocycles. The van der Waals surface area contributed by atoms with Gasteiger partial charge in [-0.2, -0.15) is 0 Å². The van der Waals surface area contributed by atoms with Gasteiger partial charge in [0.2, 0.25) is 5.95 Å². The van der Waals surface area contributed by atoms with Crippen molar-refractivity contribution >= 4 is 32.1 Å². The van der Waals surface area contributed by atoms with Crippen molar-refractivity contribution in [2.24, 2.45) is 0 Å². The first-order valence-corrected chi connectivity index (χ1v) is 8.15. The highest BCUT2D eigenvalue weighted by Gasteiger charge is 2.08. The van der Waals surface area contributed by atoms with Gasteiger partial charge in [0, 0.05) is 23.8 Å². The zero-order valence-corrected chi connectivity index (χ0v) is 14.7. The maximum atomic E-state index is 5.89. The molecular formula is C18H18N5OP. The average Bonchev–Trinajstić information content (AvgIpc) is 3.00. The van der Waals surface area contributed by atoms with Crippen molar-refractivity contribution < 1.29 is 4.74 Å². The fourth-order valence-corrected chi connectivity index (χ4v) is 2.54. The Morgan fingerprint density at radius 2 is 2.04 bits per heavy atom. The molecule has 2 heterocycles. The monoisotopic (exact) mass is 351 g/mol. The van der Waals surface area contributed by atoms with Gasteiger partial charge in [-0.3, -0.25) is 0 Å². The maximum Gasteiger partial charge on any atom is 0.204 e. The lowest BCUT2D eigenvalue weighted by molar-refractivity contribution is 0.481. The van der Waals surface area contributed by atoms with E-state index in [4.69, 9.17) is 10.5 Å². The van der Waals surface area contributed by atoms with Gasteiger partial charge < -0.3 is 20.8 Å². The Bertz CT molecular complexity index is 917. The number of ether oxygens (including phenoxy) is 1. The fourth-order valence-electron chi connectivity index (χ4n) is 2.25. The minimum atomic E-state index is 0.399.